The molecule has 0 aliphatic rings. The molecule has 0 unspecified atom stereocenters. The number of nitrogens with two attached hydrogens (primary N) is 1. The fourth-order valence-electron chi connectivity index (χ4n) is 2.59. The number of carbonyl (C=O) groups is 2. The third kappa shape index (κ3) is 3.21. The number of amides is 2. The van der Waals surface area contributed by atoms with Gasteiger partial charge in [0.05, 0.1) is 16.6 Å². The molecule has 3 N–H and O–H groups in total. The molecule has 0 aliphatic carbocycles. The summed E-state index contributed by atoms with van der Waals surface area (Å²) in [5.41, 5.74) is 6.72. The van der Waals surface area contributed by atoms with Crippen molar-refractivity contribution in [1.29, 1.82) is 0 Å². The first-order chi connectivity index (χ1) is 12.3. The SMILES string of the molecule is Cc1c(Cl)cccc1NC(=O)Cn1cnc2sc(C(N)=O)c(C)c2c1=O. The van der Waals surface area contributed by atoms with Crippen LogP contribution in [0.1, 0.15) is 20.8 Å². The Kier molecular flexibility index (Phi) is 4.80. The molecule has 0 spiro atoms. The van der Waals surface area contributed by atoms with Crippen LogP contribution in [-0.2, 0) is 11.3 Å². The van der Waals surface area contributed by atoms with E-state index in [9.17, 15) is 14.4 Å². The van der Waals surface area contributed by atoms with E-state index in [1.54, 1.807) is 32.0 Å². The van der Waals surface area contributed by atoms with Crippen molar-refractivity contribution < 1.29 is 9.59 Å². The van der Waals surface area contributed by atoms with Gasteiger partial charge < -0.3 is 11.1 Å². The summed E-state index contributed by atoms with van der Waals surface area (Å²) >= 11 is 7.11. The molecule has 0 saturated heterocycles. The lowest BCUT2D eigenvalue weighted by Crippen LogP contribution is -2.28. The Bertz CT molecular complexity index is 1100. The smallest absolute Gasteiger partial charge is 0.262 e. The van der Waals surface area contributed by atoms with Gasteiger partial charge in [-0.05, 0) is 37.1 Å². The average molecular weight is 391 g/mol. The number of thiophene rings is 1. The standard InChI is InChI=1S/C17H15ClN4O3S/c1-8-10(18)4-3-5-11(8)21-12(23)6-22-7-20-16-13(17(22)25)9(2)14(26-16)15(19)24/h3-5,7H,6H2,1-2H3,(H2,19,24)(H,21,23). The summed E-state index contributed by atoms with van der Waals surface area (Å²) < 4.78 is 1.20. The van der Waals surface area contributed by atoms with Crippen LogP contribution in [-0.4, -0.2) is 21.4 Å². The summed E-state index contributed by atoms with van der Waals surface area (Å²) in [5.74, 6) is -0.993. The molecular formula is C17H15ClN4O3S. The minimum atomic E-state index is -0.606. The minimum Gasteiger partial charge on any atom is -0.365 e. The molecule has 0 aliphatic heterocycles. The quantitative estimate of drug-likeness (QED) is 0.713. The molecule has 0 fully saturated rings. The number of primary amides is 1. The van der Waals surface area contributed by atoms with Crippen molar-refractivity contribution in [2.75, 3.05) is 5.32 Å². The highest BCUT2D eigenvalue weighted by Gasteiger charge is 2.18. The molecule has 0 atom stereocenters. The first-order valence-electron chi connectivity index (χ1n) is 7.63. The second kappa shape index (κ2) is 6.89. The fraction of sp³-hybridized carbons (Fsp3) is 0.176. The van der Waals surface area contributed by atoms with E-state index in [0.717, 1.165) is 16.9 Å². The molecule has 2 heterocycles. The Morgan fingerprint density at radius 3 is 2.73 bits per heavy atom. The number of aromatic nitrogens is 2. The lowest BCUT2D eigenvalue weighted by atomic mass is 10.2. The van der Waals surface area contributed by atoms with E-state index in [4.69, 9.17) is 17.3 Å². The fourth-order valence-corrected chi connectivity index (χ4v) is 3.76. The van der Waals surface area contributed by atoms with Crippen molar-refractivity contribution in [1.82, 2.24) is 9.55 Å². The van der Waals surface area contributed by atoms with Gasteiger partial charge in [0.15, 0.2) is 0 Å². The van der Waals surface area contributed by atoms with Crippen molar-refractivity contribution in [3.63, 3.8) is 0 Å². The van der Waals surface area contributed by atoms with Gasteiger partial charge in [0.1, 0.15) is 11.4 Å². The van der Waals surface area contributed by atoms with E-state index >= 15 is 0 Å². The van der Waals surface area contributed by atoms with Crippen LogP contribution < -0.4 is 16.6 Å². The predicted molar refractivity (Wildman–Crippen MR) is 102 cm³/mol. The number of benzene rings is 1. The first-order valence-corrected chi connectivity index (χ1v) is 8.82. The molecule has 3 aromatic rings. The molecule has 26 heavy (non-hydrogen) atoms. The zero-order chi connectivity index (χ0) is 19.0. The number of anilines is 1. The summed E-state index contributed by atoms with van der Waals surface area (Å²) in [6.45, 7) is 3.22. The molecular weight excluding hydrogens is 376 g/mol. The number of halogens is 1. The summed E-state index contributed by atoms with van der Waals surface area (Å²) in [5, 5.41) is 3.57. The summed E-state index contributed by atoms with van der Waals surface area (Å²) in [7, 11) is 0. The predicted octanol–water partition coefficient (Wildman–Crippen LogP) is 2.47. The van der Waals surface area contributed by atoms with Crippen LogP contribution in [0.5, 0.6) is 0 Å². The van der Waals surface area contributed by atoms with Crippen molar-refractivity contribution in [3.8, 4) is 0 Å². The monoisotopic (exact) mass is 390 g/mol. The van der Waals surface area contributed by atoms with Crippen molar-refractivity contribution in [2.24, 2.45) is 5.73 Å². The van der Waals surface area contributed by atoms with Gasteiger partial charge in [-0.2, -0.15) is 0 Å². The second-order valence-electron chi connectivity index (χ2n) is 5.74. The van der Waals surface area contributed by atoms with E-state index in [0.29, 0.717) is 31.4 Å². The molecule has 0 saturated carbocycles. The van der Waals surface area contributed by atoms with Crippen LogP contribution >= 0.6 is 22.9 Å². The molecule has 7 nitrogen and oxygen atoms in total. The molecule has 0 radical (unpaired) electrons. The second-order valence-corrected chi connectivity index (χ2v) is 7.15. The third-order valence-corrected chi connectivity index (χ3v) is 5.62. The maximum Gasteiger partial charge on any atom is 0.262 e. The topological polar surface area (TPSA) is 107 Å². The van der Waals surface area contributed by atoms with Gasteiger partial charge in [-0.25, -0.2) is 4.98 Å². The number of hydrogen-bond acceptors (Lipinski definition) is 5. The van der Waals surface area contributed by atoms with Gasteiger partial charge in [0, 0.05) is 10.7 Å². The van der Waals surface area contributed by atoms with E-state index in [2.05, 4.69) is 10.3 Å². The van der Waals surface area contributed by atoms with Crippen LogP contribution in [0.3, 0.4) is 0 Å². The zero-order valence-corrected chi connectivity index (χ0v) is 15.6. The number of aryl methyl sites for hydroxylation is 1. The Balaban J connectivity index is 1.91. The lowest BCUT2D eigenvalue weighted by molar-refractivity contribution is -0.116. The van der Waals surface area contributed by atoms with Gasteiger partial charge in [-0.15, -0.1) is 11.3 Å². The number of nitrogens with one attached hydrogen (secondary N) is 1. The molecule has 134 valence electrons. The van der Waals surface area contributed by atoms with Crippen LogP contribution in [0.25, 0.3) is 10.2 Å². The van der Waals surface area contributed by atoms with Crippen molar-refractivity contribution in [3.05, 3.63) is 55.9 Å². The molecule has 9 heteroatoms. The largest absolute Gasteiger partial charge is 0.365 e. The molecule has 0 bridgehead atoms. The van der Waals surface area contributed by atoms with Gasteiger partial charge in [0.2, 0.25) is 5.91 Å². The Labute approximate surface area is 157 Å². The highest BCUT2D eigenvalue weighted by atomic mass is 35.5. The van der Waals surface area contributed by atoms with Crippen molar-refractivity contribution in [2.45, 2.75) is 20.4 Å². The van der Waals surface area contributed by atoms with Crippen LogP contribution in [0.15, 0.2) is 29.3 Å². The van der Waals surface area contributed by atoms with Gasteiger partial charge in [0.25, 0.3) is 11.5 Å². The summed E-state index contributed by atoms with van der Waals surface area (Å²) in [6.07, 6.45) is 1.29. The zero-order valence-electron chi connectivity index (χ0n) is 14.0. The Morgan fingerprint density at radius 1 is 1.31 bits per heavy atom. The van der Waals surface area contributed by atoms with Crippen LogP contribution in [0.4, 0.5) is 5.69 Å². The number of hydrogen-bond donors (Lipinski definition) is 2. The minimum absolute atomic E-state index is 0.213. The number of carbonyl (C=O) groups excluding carboxylic acids is 2. The third-order valence-electron chi connectivity index (χ3n) is 4.00. The van der Waals surface area contributed by atoms with Crippen LogP contribution in [0, 0.1) is 13.8 Å². The first kappa shape index (κ1) is 18.1. The van der Waals surface area contributed by atoms with E-state index in [1.807, 2.05) is 0 Å². The molecule has 3 rings (SSSR count). The Morgan fingerprint density at radius 2 is 2.04 bits per heavy atom. The maximum absolute atomic E-state index is 12.7. The van der Waals surface area contributed by atoms with E-state index in [1.165, 1.54) is 10.9 Å². The summed E-state index contributed by atoms with van der Waals surface area (Å²) in [4.78, 5) is 41.3. The Hall–Kier alpha value is -2.71. The lowest BCUT2D eigenvalue weighted by Gasteiger charge is -2.10. The van der Waals surface area contributed by atoms with Gasteiger partial charge in [-0.3, -0.25) is 19.0 Å². The molecule has 2 aromatic heterocycles. The maximum atomic E-state index is 12.7. The van der Waals surface area contributed by atoms with E-state index < -0.39 is 11.5 Å². The molecule has 1 aromatic carbocycles. The number of nitrogens with zero attached hydrogens (tertiary/aromatic N) is 2. The van der Waals surface area contributed by atoms with Gasteiger partial charge in [-0.1, -0.05) is 17.7 Å². The molecule has 2 amide bonds. The van der Waals surface area contributed by atoms with Gasteiger partial charge >= 0.3 is 0 Å². The summed E-state index contributed by atoms with van der Waals surface area (Å²) in [6, 6.07) is 5.18. The normalized spacial score (nSPS) is 10.9. The van der Waals surface area contributed by atoms with Crippen molar-refractivity contribution >= 4 is 50.7 Å². The highest BCUT2D eigenvalue weighted by molar-refractivity contribution is 7.20. The number of fused-ring (bicyclic) bond motifs is 1. The number of rotatable bonds is 4. The van der Waals surface area contributed by atoms with E-state index in [-0.39, 0.29) is 12.5 Å². The average Bonchev–Trinajstić information content (AvgIpc) is 2.92. The van der Waals surface area contributed by atoms with Crippen LogP contribution in [0.2, 0.25) is 5.02 Å². The highest BCUT2D eigenvalue weighted by Crippen LogP contribution is 2.26.